The predicted molar refractivity (Wildman–Crippen MR) is 76.4 cm³/mol. The van der Waals surface area contributed by atoms with Crippen molar-refractivity contribution in [1.29, 1.82) is 0 Å². The van der Waals surface area contributed by atoms with Crippen molar-refractivity contribution >= 4 is 11.6 Å². The second-order valence-electron chi connectivity index (χ2n) is 6.81. The minimum Gasteiger partial charge on any atom is -0.398 e. The molecule has 0 radical (unpaired) electrons. The molecule has 1 aromatic rings. The highest BCUT2D eigenvalue weighted by Gasteiger charge is 2.27. The Morgan fingerprint density at radius 1 is 1.26 bits per heavy atom. The fraction of sp³-hybridized carbons (Fsp3) is 0.533. The van der Waals surface area contributed by atoms with Crippen LogP contribution in [0.25, 0.3) is 0 Å². The molecule has 19 heavy (non-hydrogen) atoms. The lowest BCUT2D eigenvalue weighted by molar-refractivity contribution is 0.0892. The second-order valence-corrected chi connectivity index (χ2v) is 6.81. The zero-order valence-electron chi connectivity index (χ0n) is 12.3. The van der Waals surface area contributed by atoms with Crippen LogP contribution in [-0.4, -0.2) is 11.4 Å². The number of anilines is 1. The van der Waals surface area contributed by atoms with Crippen LogP contribution >= 0.6 is 0 Å². The quantitative estimate of drug-likeness (QED) is 0.824. The molecule has 0 aliphatic carbocycles. The van der Waals surface area contributed by atoms with Gasteiger partial charge in [-0.3, -0.25) is 4.79 Å². The fourth-order valence-electron chi connectivity index (χ4n) is 2.49. The van der Waals surface area contributed by atoms with Gasteiger partial charge in [0, 0.05) is 11.2 Å². The molecule has 1 amide bonds. The smallest absolute Gasteiger partial charge is 0.253 e. The van der Waals surface area contributed by atoms with Gasteiger partial charge in [0.15, 0.2) is 0 Å². The van der Waals surface area contributed by atoms with E-state index in [0.717, 1.165) is 12.5 Å². The first-order chi connectivity index (χ1) is 8.50. The number of hydrogen-bond acceptors (Lipinski definition) is 2. The Morgan fingerprint density at radius 2 is 1.84 bits per heavy atom. The van der Waals surface area contributed by atoms with Crippen LogP contribution in [0, 0.1) is 11.2 Å². The fourth-order valence-corrected chi connectivity index (χ4v) is 2.49. The summed E-state index contributed by atoms with van der Waals surface area (Å²) >= 11 is 0. The number of hydrogen-bond donors (Lipinski definition) is 2. The number of nitrogens with two attached hydrogens (primary N) is 1. The third-order valence-electron chi connectivity index (χ3n) is 2.68. The van der Waals surface area contributed by atoms with Gasteiger partial charge in [-0.05, 0) is 43.9 Å². The molecular weight excluding hydrogens is 243 g/mol. The summed E-state index contributed by atoms with van der Waals surface area (Å²) < 4.78 is 13.0. The summed E-state index contributed by atoms with van der Waals surface area (Å²) in [4.78, 5) is 12.2. The van der Waals surface area contributed by atoms with E-state index in [-0.39, 0.29) is 22.5 Å². The van der Waals surface area contributed by atoms with Gasteiger partial charge in [0.05, 0.1) is 5.56 Å². The monoisotopic (exact) mass is 266 g/mol. The Hall–Kier alpha value is -1.58. The molecule has 3 nitrogen and oxygen atoms in total. The number of carbonyl (C=O) groups excluding carboxylic acids is 1. The summed E-state index contributed by atoms with van der Waals surface area (Å²) in [7, 11) is 0. The van der Waals surface area contributed by atoms with Crippen molar-refractivity contribution in [1.82, 2.24) is 5.32 Å². The van der Waals surface area contributed by atoms with E-state index in [1.165, 1.54) is 12.1 Å². The minimum absolute atomic E-state index is 0.102. The molecule has 0 spiro atoms. The summed E-state index contributed by atoms with van der Waals surface area (Å²) in [6.45, 7) is 10.3. The summed E-state index contributed by atoms with van der Waals surface area (Å²) in [5.74, 6) is -0.713. The van der Waals surface area contributed by atoms with Crippen LogP contribution in [0.4, 0.5) is 10.1 Å². The summed E-state index contributed by atoms with van der Waals surface area (Å²) in [6, 6.07) is 3.81. The highest BCUT2D eigenvalue weighted by Crippen LogP contribution is 2.27. The number of rotatable bonds is 3. The van der Waals surface area contributed by atoms with Crippen LogP contribution in [0.15, 0.2) is 18.2 Å². The van der Waals surface area contributed by atoms with Crippen molar-refractivity contribution in [2.75, 3.05) is 5.73 Å². The third kappa shape index (κ3) is 4.89. The van der Waals surface area contributed by atoms with Gasteiger partial charge < -0.3 is 11.1 Å². The molecule has 1 rings (SSSR count). The Kier molecular flexibility index (Phi) is 4.23. The van der Waals surface area contributed by atoms with Gasteiger partial charge in [-0.2, -0.15) is 0 Å². The molecule has 0 aliphatic heterocycles. The van der Waals surface area contributed by atoms with Crippen LogP contribution in [0.2, 0.25) is 0 Å². The zero-order chi connectivity index (χ0) is 14.8. The van der Waals surface area contributed by atoms with E-state index in [9.17, 15) is 9.18 Å². The first kappa shape index (κ1) is 15.5. The van der Waals surface area contributed by atoms with Gasteiger partial charge in [-0.25, -0.2) is 4.39 Å². The number of benzene rings is 1. The van der Waals surface area contributed by atoms with E-state index in [1.807, 2.05) is 13.8 Å². The molecule has 4 heteroatoms. The molecule has 0 unspecified atom stereocenters. The maximum Gasteiger partial charge on any atom is 0.253 e. The van der Waals surface area contributed by atoms with Crippen molar-refractivity contribution in [3.63, 3.8) is 0 Å². The van der Waals surface area contributed by atoms with Crippen LogP contribution in [0.1, 0.15) is 51.4 Å². The van der Waals surface area contributed by atoms with Gasteiger partial charge in [-0.15, -0.1) is 0 Å². The van der Waals surface area contributed by atoms with E-state index in [4.69, 9.17) is 5.73 Å². The molecule has 0 aliphatic rings. The van der Waals surface area contributed by atoms with Crippen LogP contribution < -0.4 is 11.1 Å². The molecule has 0 saturated heterocycles. The third-order valence-corrected chi connectivity index (χ3v) is 2.68. The minimum atomic E-state index is -0.442. The van der Waals surface area contributed by atoms with Crippen molar-refractivity contribution in [3.8, 4) is 0 Å². The van der Waals surface area contributed by atoms with Gasteiger partial charge in [0.1, 0.15) is 5.82 Å². The van der Waals surface area contributed by atoms with Crippen molar-refractivity contribution in [2.45, 2.75) is 46.6 Å². The summed E-state index contributed by atoms with van der Waals surface area (Å²) in [6.07, 6.45) is 0.826. The maximum atomic E-state index is 13.0. The van der Waals surface area contributed by atoms with Crippen molar-refractivity contribution < 1.29 is 9.18 Å². The van der Waals surface area contributed by atoms with E-state index >= 15 is 0 Å². The van der Waals surface area contributed by atoms with Gasteiger partial charge in [0.25, 0.3) is 5.91 Å². The van der Waals surface area contributed by atoms with Crippen LogP contribution in [-0.2, 0) is 0 Å². The summed E-state index contributed by atoms with van der Waals surface area (Å²) in [5.41, 5.74) is 5.88. The lowest BCUT2D eigenvalue weighted by Gasteiger charge is -2.33. The van der Waals surface area contributed by atoms with E-state index in [2.05, 4.69) is 26.1 Å². The molecule has 0 fully saturated rings. The first-order valence-corrected chi connectivity index (χ1v) is 6.38. The molecule has 0 heterocycles. The van der Waals surface area contributed by atoms with E-state index in [1.54, 1.807) is 0 Å². The molecule has 0 bridgehead atoms. The molecule has 1 aromatic carbocycles. The average molecular weight is 266 g/mol. The Bertz CT molecular complexity index is 476. The Labute approximate surface area is 114 Å². The normalized spacial score (nSPS) is 12.3. The predicted octanol–water partition coefficient (Wildman–Crippen LogP) is 3.35. The molecule has 3 N–H and O–H groups in total. The average Bonchev–Trinajstić information content (AvgIpc) is 2.11. The number of carbonyl (C=O) groups is 1. The van der Waals surface area contributed by atoms with Gasteiger partial charge in [0.2, 0.25) is 0 Å². The van der Waals surface area contributed by atoms with Gasteiger partial charge in [-0.1, -0.05) is 20.8 Å². The van der Waals surface area contributed by atoms with Crippen LogP contribution in [0.5, 0.6) is 0 Å². The SMILES string of the molecule is CC(C)(C)CC(C)(C)NC(=O)c1ccc(F)cc1N. The lowest BCUT2D eigenvalue weighted by Crippen LogP contribution is -2.46. The van der Waals surface area contributed by atoms with E-state index in [0.29, 0.717) is 5.56 Å². The number of nitrogen functional groups attached to an aromatic ring is 1. The largest absolute Gasteiger partial charge is 0.398 e. The van der Waals surface area contributed by atoms with Crippen molar-refractivity contribution in [3.05, 3.63) is 29.6 Å². The number of halogens is 1. The van der Waals surface area contributed by atoms with Gasteiger partial charge >= 0.3 is 0 Å². The highest BCUT2D eigenvalue weighted by molar-refractivity contribution is 5.99. The summed E-state index contributed by atoms with van der Waals surface area (Å²) in [5, 5.41) is 2.95. The zero-order valence-corrected chi connectivity index (χ0v) is 12.3. The first-order valence-electron chi connectivity index (χ1n) is 6.38. The molecule has 106 valence electrons. The topological polar surface area (TPSA) is 55.1 Å². The maximum absolute atomic E-state index is 13.0. The highest BCUT2D eigenvalue weighted by atomic mass is 19.1. The molecule has 0 atom stereocenters. The second kappa shape index (κ2) is 5.19. The van der Waals surface area contributed by atoms with Crippen LogP contribution in [0.3, 0.4) is 0 Å². The Morgan fingerprint density at radius 3 is 2.32 bits per heavy atom. The Balaban J connectivity index is 2.84. The molecule has 0 aromatic heterocycles. The van der Waals surface area contributed by atoms with E-state index < -0.39 is 5.82 Å². The lowest BCUT2D eigenvalue weighted by atomic mass is 9.81. The number of amides is 1. The molecular formula is C15H23FN2O. The van der Waals surface area contributed by atoms with Crippen molar-refractivity contribution in [2.24, 2.45) is 5.41 Å². The standard InChI is InChI=1S/C15H23FN2O/c1-14(2,3)9-15(4,5)18-13(19)11-7-6-10(16)8-12(11)17/h6-8H,9,17H2,1-5H3,(H,18,19). The number of nitrogens with one attached hydrogen (secondary N) is 1. The molecule has 0 saturated carbocycles.